The van der Waals surface area contributed by atoms with E-state index in [1.165, 1.54) is 12.1 Å². The third kappa shape index (κ3) is 4.71. The topological polar surface area (TPSA) is 51.0 Å². The van der Waals surface area contributed by atoms with Gasteiger partial charge in [0, 0.05) is 0 Å². The molecule has 0 amide bonds. The van der Waals surface area contributed by atoms with Crippen LogP contribution in [0.4, 0.5) is 15.8 Å². The summed E-state index contributed by atoms with van der Waals surface area (Å²) in [6, 6.07) is 12.5. The molecule has 0 atom stereocenters. The molecule has 0 aliphatic rings. The number of halogens is 1. The van der Waals surface area contributed by atoms with Crippen molar-refractivity contribution in [3.05, 3.63) is 54.3 Å². The fourth-order valence-corrected chi connectivity index (χ4v) is 1.59. The van der Waals surface area contributed by atoms with Crippen molar-refractivity contribution in [2.45, 2.75) is 27.2 Å². The van der Waals surface area contributed by atoms with Crippen LogP contribution in [0.5, 0.6) is 5.75 Å². The summed E-state index contributed by atoms with van der Waals surface area (Å²) in [5.74, 6) is -0.108. The summed E-state index contributed by atoms with van der Waals surface area (Å²) < 4.78 is 18.1. The van der Waals surface area contributed by atoms with Crippen LogP contribution in [0.2, 0.25) is 0 Å². The lowest BCUT2D eigenvalue weighted by atomic mass is 9.91. The molecular weight excluding hydrogens is 295 g/mol. The molecule has 2 aromatic rings. The van der Waals surface area contributed by atoms with E-state index >= 15 is 0 Å². The Labute approximate surface area is 135 Å². The number of azo groups is 1. The Morgan fingerprint density at radius 1 is 1.00 bits per heavy atom. The van der Waals surface area contributed by atoms with Crippen molar-refractivity contribution in [2.24, 2.45) is 15.6 Å². The Kier molecular flexibility index (Phi) is 5.21. The minimum Gasteiger partial charge on any atom is -0.426 e. The zero-order valence-electron chi connectivity index (χ0n) is 13.4. The van der Waals surface area contributed by atoms with Crippen LogP contribution in [0.25, 0.3) is 0 Å². The highest BCUT2D eigenvalue weighted by atomic mass is 19.1. The molecule has 4 nitrogen and oxygen atoms in total. The summed E-state index contributed by atoms with van der Waals surface area (Å²) in [6.07, 6.45) is 0.704. The number of hydrogen-bond acceptors (Lipinski definition) is 4. The Balaban J connectivity index is 2.02. The Hall–Kier alpha value is -2.56. The number of carbonyl (C=O) groups is 1. The van der Waals surface area contributed by atoms with Gasteiger partial charge >= 0.3 is 5.97 Å². The Bertz CT molecular complexity index is 692. The maximum absolute atomic E-state index is 12.8. The van der Waals surface area contributed by atoms with E-state index in [0.29, 0.717) is 23.5 Å². The molecule has 0 bridgehead atoms. The van der Waals surface area contributed by atoms with Gasteiger partial charge in [0.2, 0.25) is 0 Å². The van der Waals surface area contributed by atoms with Gasteiger partial charge in [-0.1, -0.05) is 6.92 Å². The van der Waals surface area contributed by atoms with Crippen molar-refractivity contribution in [2.75, 3.05) is 0 Å². The molecule has 0 aliphatic heterocycles. The van der Waals surface area contributed by atoms with Crippen LogP contribution >= 0.6 is 0 Å². The molecule has 0 heterocycles. The molecule has 0 spiro atoms. The average molecular weight is 314 g/mol. The van der Waals surface area contributed by atoms with Crippen molar-refractivity contribution >= 4 is 17.3 Å². The van der Waals surface area contributed by atoms with Crippen LogP contribution in [-0.2, 0) is 4.79 Å². The fourth-order valence-electron chi connectivity index (χ4n) is 1.59. The highest BCUT2D eigenvalue weighted by Gasteiger charge is 2.27. The van der Waals surface area contributed by atoms with Gasteiger partial charge in [0.05, 0.1) is 16.8 Å². The van der Waals surface area contributed by atoms with Gasteiger partial charge < -0.3 is 4.74 Å². The molecule has 5 heteroatoms. The molecule has 2 rings (SSSR count). The van der Waals surface area contributed by atoms with Crippen molar-refractivity contribution in [1.82, 2.24) is 0 Å². The SMILES string of the molecule is CCC(C)(C)C(=O)Oc1ccc(N=Nc2ccc(F)cc2)cc1. The van der Waals surface area contributed by atoms with Crippen molar-refractivity contribution in [1.29, 1.82) is 0 Å². The van der Waals surface area contributed by atoms with Gasteiger partial charge in [0.25, 0.3) is 0 Å². The lowest BCUT2D eigenvalue weighted by molar-refractivity contribution is -0.144. The van der Waals surface area contributed by atoms with Crippen LogP contribution in [0.3, 0.4) is 0 Å². The predicted octanol–water partition coefficient (Wildman–Crippen LogP) is 5.58. The van der Waals surface area contributed by atoms with Crippen molar-refractivity contribution in [3.63, 3.8) is 0 Å². The normalized spacial score (nSPS) is 11.7. The summed E-state index contributed by atoms with van der Waals surface area (Å²) >= 11 is 0. The number of nitrogens with zero attached hydrogens (tertiary/aromatic N) is 2. The second-order valence-electron chi connectivity index (χ2n) is 5.80. The first kappa shape index (κ1) is 16.8. The quantitative estimate of drug-likeness (QED) is 0.411. The smallest absolute Gasteiger partial charge is 0.316 e. The van der Waals surface area contributed by atoms with Gasteiger partial charge in [-0.3, -0.25) is 4.79 Å². The third-order valence-corrected chi connectivity index (χ3v) is 3.59. The highest BCUT2D eigenvalue weighted by Crippen LogP contribution is 2.25. The molecule has 0 saturated heterocycles. The number of esters is 1. The van der Waals surface area contributed by atoms with Crippen LogP contribution in [0.1, 0.15) is 27.2 Å². The first-order valence-corrected chi connectivity index (χ1v) is 7.40. The van der Waals surface area contributed by atoms with Gasteiger partial charge in [-0.05, 0) is 68.8 Å². The van der Waals surface area contributed by atoms with E-state index in [4.69, 9.17) is 4.74 Å². The maximum Gasteiger partial charge on any atom is 0.316 e. The molecule has 0 N–H and O–H groups in total. The molecule has 23 heavy (non-hydrogen) atoms. The van der Waals surface area contributed by atoms with Crippen molar-refractivity contribution in [3.8, 4) is 5.75 Å². The lowest BCUT2D eigenvalue weighted by Gasteiger charge is -2.19. The second kappa shape index (κ2) is 7.13. The third-order valence-electron chi connectivity index (χ3n) is 3.59. The monoisotopic (exact) mass is 314 g/mol. The highest BCUT2D eigenvalue weighted by molar-refractivity contribution is 5.78. The molecule has 120 valence electrons. The van der Waals surface area contributed by atoms with Crippen LogP contribution in [0, 0.1) is 11.2 Å². The first-order valence-electron chi connectivity index (χ1n) is 7.40. The first-order chi connectivity index (χ1) is 10.9. The molecule has 0 aromatic heterocycles. The van der Waals surface area contributed by atoms with E-state index in [9.17, 15) is 9.18 Å². The van der Waals surface area contributed by atoms with Gasteiger partial charge in [-0.15, -0.1) is 0 Å². The summed E-state index contributed by atoms with van der Waals surface area (Å²) in [6.45, 7) is 5.64. The van der Waals surface area contributed by atoms with E-state index in [2.05, 4.69) is 10.2 Å². The molecule has 2 aromatic carbocycles. The zero-order chi connectivity index (χ0) is 16.9. The van der Waals surface area contributed by atoms with E-state index < -0.39 is 5.41 Å². The van der Waals surface area contributed by atoms with Crippen molar-refractivity contribution < 1.29 is 13.9 Å². The van der Waals surface area contributed by atoms with E-state index in [0.717, 1.165) is 0 Å². The zero-order valence-corrected chi connectivity index (χ0v) is 13.4. The lowest BCUT2D eigenvalue weighted by Crippen LogP contribution is -2.28. The molecule has 0 saturated carbocycles. The number of carbonyl (C=O) groups excluding carboxylic acids is 1. The maximum atomic E-state index is 12.8. The van der Waals surface area contributed by atoms with E-state index in [-0.39, 0.29) is 11.8 Å². The average Bonchev–Trinajstić information content (AvgIpc) is 2.55. The van der Waals surface area contributed by atoms with E-state index in [1.54, 1.807) is 36.4 Å². The van der Waals surface area contributed by atoms with Gasteiger partial charge in [-0.2, -0.15) is 10.2 Å². The minimum atomic E-state index is -0.513. The minimum absolute atomic E-state index is 0.263. The standard InChI is InChI=1S/C18H19FN2O2/c1-4-18(2,3)17(22)23-16-11-9-15(10-12-16)21-20-14-7-5-13(19)6-8-14/h5-12H,4H2,1-3H3. The predicted molar refractivity (Wildman–Crippen MR) is 86.7 cm³/mol. The summed E-state index contributed by atoms with van der Waals surface area (Å²) in [5, 5.41) is 8.06. The van der Waals surface area contributed by atoms with E-state index in [1.807, 2.05) is 20.8 Å². The Morgan fingerprint density at radius 3 is 1.96 bits per heavy atom. The number of ether oxygens (including phenoxy) is 1. The number of benzene rings is 2. The number of rotatable bonds is 5. The number of hydrogen-bond donors (Lipinski definition) is 0. The molecular formula is C18H19FN2O2. The summed E-state index contributed by atoms with van der Waals surface area (Å²) in [7, 11) is 0. The molecule has 0 unspecified atom stereocenters. The van der Waals surface area contributed by atoms with Crippen LogP contribution < -0.4 is 4.74 Å². The Morgan fingerprint density at radius 2 is 1.48 bits per heavy atom. The second-order valence-corrected chi connectivity index (χ2v) is 5.80. The van der Waals surface area contributed by atoms with Gasteiger partial charge in [-0.25, -0.2) is 4.39 Å². The van der Waals surface area contributed by atoms with Gasteiger partial charge in [0.15, 0.2) is 0 Å². The fraction of sp³-hybridized carbons (Fsp3) is 0.278. The van der Waals surface area contributed by atoms with Crippen LogP contribution in [-0.4, -0.2) is 5.97 Å². The summed E-state index contributed by atoms with van der Waals surface area (Å²) in [5.41, 5.74) is 0.663. The summed E-state index contributed by atoms with van der Waals surface area (Å²) in [4.78, 5) is 12.0. The van der Waals surface area contributed by atoms with Crippen LogP contribution in [0.15, 0.2) is 58.8 Å². The largest absolute Gasteiger partial charge is 0.426 e. The molecule has 0 radical (unpaired) electrons. The molecule has 0 aliphatic carbocycles. The van der Waals surface area contributed by atoms with Gasteiger partial charge in [0.1, 0.15) is 11.6 Å². The molecule has 0 fully saturated rings.